The summed E-state index contributed by atoms with van der Waals surface area (Å²) in [6, 6.07) is 9.50. The molecule has 1 atom stereocenters. The molecule has 260 valence electrons. The van der Waals surface area contributed by atoms with Crippen LogP contribution in [0.15, 0.2) is 41.4 Å². The van der Waals surface area contributed by atoms with Crippen LogP contribution in [-0.2, 0) is 4.79 Å². The van der Waals surface area contributed by atoms with Gasteiger partial charge >= 0.3 is 0 Å². The topological polar surface area (TPSA) is 93.1 Å². The molecule has 10 nitrogen and oxygen atoms in total. The van der Waals surface area contributed by atoms with Gasteiger partial charge in [-0.2, -0.15) is 0 Å². The molecule has 2 aromatic carbocycles. The van der Waals surface area contributed by atoms with Crippen molar-refractivity contribution < 1.29 is 28.5 Å². The molecule has 2 fully saturated rings. The molecule has 2 aromatic rings. The van der Waals surface area contributed by atoms with E-state index in [2.05, 4.69) is 16.9 Å². The number of hydrogen-bond acceptors (Lipinski definition) is 8. The van der Waals surface area contributed by atoms with Gasteiger partial charge in [0.2, 0.25) is 5.91 Å². The van der Waals surface area contributed by atoms with E-state index in [1.54, 1.807) is 26.4 Å². The maximum Gasteiger partial charge on any atom is 0.256 e. The van der Waals surface area contributed by atoms with Gasteiger partial charge in [-0.1, -0.05) is 44.6 Å². The molecule has 0 aromatic heterocycles. The molecule has 0 N–H and O–H groups in total. The third-order valence-electron chi connectivity index (χ3n) is 9.43. The zero-order valence-corrected chi connectivity index (χ0v) is 29.0. The Kier molecular flexibility index (Phi) is 13.2. The molecular weight excluding hydrogens is 608 g/mol. The van der Waals surface area contributed by atoms with E-state index in [0.29, 0.717) is 41.7 Å². The molecule has 0 radical (unpaired) electrons. The first-order valence-electron chi connectivity index (χ1n) is 17.6. The highest BCUT2D eigenvalue weighted by Gasteiger charge is 2.32. The number of carbonyl (C=O) groups is 2. The summed E-state index contributed by atoms with van der Waals surface area (Å²) >= 11 is 0. The summed E-state index contributed by atoms with van der Waals surface area (Å²) in [6.45, 7) is 5.37. The van der Waals surface area contributed by atoms with Gasteiger partial charge in [0.15, 0.2) is 23.0 Å². The summed E-state index contributed by atoms with van der Waals surface area (Å²) in [5.41, 5.74) is 2.15. The number of ether oxygens (including phenoxy) is 4. The van der Waals surface area contributed by atoms with E-state index in [1.165, 1.54) is 25.7 Å². The SMILES string of the molecule is COc1cc(/C=C/C(=O)N2CCN(C)CC2)ccc1OCCCCCCCCCCOc1cc2c(cc1OC)C(=O)N1CCC[C@H]1C=N2. The van der Waals surface area contributed by atoms with Gasteiger partial charge in [0.1, 0.15) is 0 Å². The minimum Gasteiger partial charge on any atom is -0.493 e. The number of rotatable bonds is 17. The van der Waals surface area contributed by atoms with E-state index in [1.807, 2.05) is 46.4 Å². The number of methoxy groups -OCH3 is 2. The van der Waals surface area contributed by atoms with Crippen LogP contribution in [-0.4, -0.2) is 106 Å². The average Bonchev–Trinajstić information content (AvgIpc) is 3.54. The third-order valence-corrected chi connectivity index (χ3v) is 9.43. The first kappa shape index (κ1) is 35.3. The summed E-state index contributed by atoms with van der Waals surface area (Å²) in [4.78, 5) is 36.2. The van der Waals surface area contributed by atoms with Crippen molar-refractivity contribution in [1.82, 2.24) is 14.7 Å². The van der Waals surface area contributed by atoms with Crippen LogP contribution in [0.25, 0.3) is 6.08 Å². The molecular formula is C38H52N4O6. The lowest BCUT2D eigenvalue weighted by atomic mass is 10.1. The Labute approximate surface area is 285 Å². The molecule has 2 amide bonds. The van der Waals surface area contributed by atoms with E-state index in [9.17, 15) is 9.59 Å². The summed E-state index contributed by atoms with van der Waals surface area (Å²) in [5, 5.41) is 0. The highest BCUT2D eigenvalue weighted by atomic mass is 16.5. The number of likely N-dealkylation sites (N-methyl/N-ethyl adjacent to an activating group) is 1. The summed E-state index contributed by atoms with van der Waals surface area (Å²) in [5.74, 6) is 2.70. The lowest BCUT2D eigenvalue weighted by Crippen LogP contribution is -2.46. The minimum absolute atomic E-state index is 0.0218. The van der Waals surface area contributed by atoms with Crippen molar-refractivity contribution in [3.05, 3.63) is 47.5 Å². The first-order chi connectivity index (χ1) is 23.5. The molecule has 3 aliphatic heterocycles. The molecule has 0 saturated carbocycles. The zero-order valence-electron chi connectivity index (χ0n) is 29.0. The molecule has 0 spiro atoms. The van der Waals surface area contributed by atoms with Crippen LogP contribution >= 0.6 is 0 Å². The van der Waals surface area contributed by atoms with Crippen LogP contribution in [0.2, 0.25) is 0 Å². The van der Waals surface area contributed by atoms with E-state index < -0.39 is 0 Å². The number of aliphatic imine (C=N–C) groups is 1. The maximum absolute atomic E-state index is 13.1. The zero-order chi connectivity index (χ0) is 33.7. The second-order valence-corrected chi connectivity index (χ2v) is 12.9. The van der Waals surface area contributed by atoms with E-state index >= 15 is 0 Å². The Morgan fingerprint density at radius 1 is 0.812 bits per heavy atom. The molecule has 5 rings (SSSR count). The number of fused-ring (bicyclic) bond motifs is 2. The molecule has 0 aliphatic carbocycles. The monoisotopic (exact) mass is 660 g/mol. The van der Waals surface area contributed by atoms with Crippen LogP contribution in [0.3, 0.4) is 0 Å². The van der Waals surface area contributed by atoms with E-state index in [0.717, 1.165) is 82.6 Å². The smallest absolute Gasteiger partial charge is 0.256 e. The van der Waals surface area contributed by atoms with Crippen LogP contribution < -0.4 is 18.9 Å². The van der Waals surface area contributed by atoms with Crippen molar-refractivity contribution in [2.75, 3.05) is 67.2 Å². The normalized spacial score (nSPS) is 17.7. The van der Waals surface area contributed by atoms with Crippen LogP contribution in [0.5, 0.6) is 23.0 Å². The molecule has 0 bridgehead atoms. The lowest BCUT2D eigenvalue weighted by molar-refractivity contribution is -0.127. The van der Waals surface area contributed by atoms with Crippen LogP contribution in [0.1, 0.15) is 80.1 Å². The summed E-state index contributed by atoms with van der Waals surface area (Å²) in [7, 11) is 5.33. The van der Waals surface area contributed by atoms with Crippen molar-refractivity contribution in [2.24, 2.45) is 4.99 Å². The van der Waals surface area contributed by atoms with Crippen molar-refractivity contribution in [3.8, 4) is 23.0 Å². The van der Waals surface area contributed by atoms with E-state index in [4.69, 9.17) is 18.9 Å². The second kappa shape index (κ2) is 17.9. The molecule has 0 unspecified atom stereocenters. The Hall–Kier alpha value is -4.05. The second-order valence-electron chi connectivity index (χ2n) is 12.9. The number of unbranched alkanes of at least 4 members (excludes halogenated alkanes) is 7. The Morgan fingerprint density at radius 2 is 1.46 bits per heavy atom. The quantitative estimate of drug-likeness (QED) is 0.143. The summed E-state index contributed by atoms with van der Waals surface area (Å²) in [6.07, 6.45) is 16.3. The van der Waals surface area contributed by atoms with Gasteiger partial charge in [-0.25, -0.2) is 0 Å². The fourth-order valence-electron chi connectivity index (χ4n) is 6.46. The lowest BCUT2D eigenvalue weighted by Gasteiger charge is -2.31. The minimum atomic E-state index is 0.0218. The number of benzene rings is 2. The van der Waals surface area contributed by atoms with Gasteiger partial charge in [0.05, 0.1) is 44.7 Å². The Balaban J connectivity index is 0.926. The van der Waals surface area contributed by atoms with Crippen molar-refractivity contribution in [3.63, 3.8) is 0 Å². The largest absolute Gasteiger partial charge is 0.493 e. The standard InChI is InChI=1S/C38H52N4O6/c1-40-19-21-41(22-20-40)37(43)17-15-29-14-16-33(34(25-29)45-2)47-23-10-8-6-4-5-7-9-11-24-48-36-27-32-31(26-35(36)46-3)38(44)42-18-12-13-30(42)28-39-32/h14-17,25-28,30H,4-13,18-24H2,1-3H3/b17-15+/t30-/m0/s1. The third kappa shape index (κ3) is 9.52. The molecule has 2 saturated heterocycles. The Bertz CT molecular complexity index is 1430. The number of nitrogens with zero attached hydrogens (tertiary/aromatic N) is 4. The molecule has 3 aliphatic rings. The van der Waals surface area contributed by atoms with Gasteiger partial charge in [-0.15, -0.1) is 0 Å². The van der Waals surface area contributed by atoms with Gasteiger partial charge in [-0.05, 0) is 62.6 Å². The predicted molar refractivity (Wildman–Crippen MR) is 189 cm³/mol. The van der Waals surface area contributed by atoms with E-state index in [-0.39, 0.29) is 17.9 Å². The fraction of sp³-hybridized carbons (Fsp3) is 0.553. The average molecular weight is 661 g/mol. The van der Waals surface area contributed by atoms with Crippen molar-refractivity contribution in [2.45, 2.75) is 70.3 Å². The number of hydrogen-bond donors (Lipinski definition) is 0. The Morgan fingerprint density at radius 3 is 2.15 bits per heavy atom. The fourth-order valence-corrected chi connectivity index (χ4v) is 6.46. The number of carbonyl (C=O) groups excluding carboxylic acids is 2. The maximum atomic E-state index is 13.1. The van der Waals surface area contributed by atoms with Gasteiger partial charge in [0, 0.05) is 51.1 Å². The molecule has 3 heterocycles. The highest BCUT2D eigenvalue weighted by Crippen LogP contribution is 2.38. The summed E-state index contributed by atoms with van der Waals surface area (Å²) < 4.78 is 23.2. The highest BCUT2D eigenvalue weighted by molar-refractivity contribution is 6.03. The van der Waals surface area contributed by atoms with Crippen molar-refractivity contribution in [1.29, 1.82) is 0 Å². The molecule has 48 heavy (non-hydrogen) atoms. The van der Waals surface area contributed by atoms with Gasteiger partial charge in [0.25, 0.3) is 5.91 Å². The van der Waals surface area contributed by atoms with Gasteiger partial charge < -0.3 is 33.6 Å². The first-order valence-corrected chi connectivity index (χ1v) is 17.6. The molecule has 10 heteroatoms. The van der Waals surface area contributed by atoms with Gasteiger partial charge in [-0.3, -0.25) is 14.6 Å². The predicted octanol–water partition coefficient (Wildman–Crippen LogP) is 6.39. The number of piperazine rings is 1. The number of amides is 2. The van der Waals surface area contributed by atoms with Crippen LogP contribution in [0.4, 0.5) is 5.69 Å². The van der Waals surface area contributed by atoms with Crippen molar-refractivity contribution >= 4 is 29.8 Å². The van der Waals surface area contributed by atoms with Crippen LogP contribution in [0, 0.1) is 0 Å².